The fraction of sp³-hybridized carbons (Fsp3) is 0.600. The highest BCUT2D eigenvalue weighted by Crippen LogP contribution is 2.15. The predicted molar refractivity (Wildman–Crippen MR) is 63.1 cm³/mol. The van der Waals surface area contributed by atoms with Gasteiger partial charge in [-0.1, -0.05) is 12.1 Å². The van der Waals surface area contributed by atoms with Gasteiger partial charge in [0.2, 0.25) is 0 Å². The minimum atomic E-state index is 0.545. The van der Waals surface area contributed by atoms with E-state index in [1.807, 2.05) is 13.1 Å². The molecule has 17 heavy (non-hydrogen) atoms. The maximum Gasteiger partial charge on any atom is 0.186 e. The third-order valence-electron chi connectivity index (χ3n) is 2.51. The summed E-state index contributed by atoms with van der Waals surface area (Å²) in [4.78, 5) is 0. The fourth-order valence-electron chi connectivity index (χ4n) is 1.70. The fourth-order valence-corrected chi connectivity index (χ4v) is 1.70. The number of hydrogen-bond donors (Lipinski definition) is 1. The monoisotopic (exact) mass is 235 g/mol. The van der Waals surface area contributed by atoms with Crippen LogP contribution in [0.5, 0.6) is 0 Å². The Hall–Kier alpha value is -1.76. The van der Waals surface area contributed by atoms with Gasteiger partial charge in [-0.05, 0) is 13.3 Å². The number of hydrogen-bond acceptors (Lipinski definition) is 5. The zero-order valence-corrected chi connectivity index (χ0v) is 10.2. The highest BCUT2D eigenvalue weighted by atomic mass is 15.4. The van der Waals surface area contributed by atoms with Gasteiger partial charge >= 0.3 is 0 Å². The summed E-state index contributed by atoms with van der Waals surface area (Å²) in [5.41, 5.74) is 6.21. The molecule has 7 nitrogen and oxygen atoms in total. The molecule has 0 aliphatic carbocycles. The molecule has 0 spiro atoms. The standard InChI is InChI=1S/C10H17N7/c1-3-5-17-8(2)12-14-10(17)9-7-16(6-4-11)15-13-9/h7H,3-6,11H2,1-2H3. The molecule has 0 aromatic carbocycles. The van der Waals surface area contributed by atoms with Gasteiger partial charge in [-0.25, -0.2) is 0 Å². The lowest BCUT2D eigenvalue weighted by Crippen LogP contribution is -2.10. The van der Waals surface area contributed by atoms with Crippen molar-refractivity contribution < 1.29 is 0 Å². The van der Waals surface area contributed by atoms with Gasteiger partial charge in [-0.15, -0.1) is 15.3 Å². The van der Waals surface area contributed by atoms with Crippen LogP contribution >= 0.6 is 0 Å². The topological polar surface area (TPSA) is 87.4 Å². The molecule has 0 unspecified atom stereocenters. The highest BCUT2D eigenvalue weighted by Gasteiger charge is 2.13. The smallest absolute Gasteiger partial charge is 0.186 e. The first-order chi connectivity index (χ1) is 8.26. The number of rotatable bonds is 5. The molecule has 0 atom stereocenters. The van der Waals surface area contributed by atoms with Gasteiger partial charge < -0.3 is 10.3 Å². The second kappa shape index (κ2) is 5.05. The summed E-state index contributed by atoms with van der Waals surface area (Å²) in [6.07, 6.45) is 2.88. The molecule has 0 amide bonds. The van der Waals surface area contributed by atoms with Crippen molar-refractivity contribution in [1.82, 2.24) is 29.8 Å². The van der Waals surface area contributed by atoms with Crippen LogP contribution in [0.2, 0.25) is 0 Å². The van der Waals surface area contributed by atoms with Crippen molar-refractivity contribution in [3.8, 4) is 11.5 Å². The van der Waals surface area contributed by atoms with E-state index < -0.39 is 0 Å². The second-order valence-electron chi connectivity index (χ2n) is 3.88. The van der Waals surface area contributed by atoms with Gasteiger partial charge in [0, 0.05) is 13.1 Å². The van der Waals surface area contributed by atoms with Gasteiger partial charge in [0.1, 0.15) is 5.82 Å². The Morgan fingerprint density at radius 2 is 2.06 bits per heavy atom. The third-order valence-corrected chi connectivity index (χ3v) is 2.51. The van der Waals surface area contributed by atoms with Crippen LogP contribution < -0.4 is 5.73 Å². The second-order valence-corrected chi connectivity index (χ2v) is 3.88. The van der Waals surface area contributed by atoms with Crippen LogP contribution in [0.15, 0.2) is 6.20 Å². The molecule has 92 valence electrons. The molecular formula is C10H17N7. The van der Waals surface area contributed by atoms with E-state index in [1.165, 1.54) is 0 Å². The summed E-state index contributed by atoms with van der Waals surface area (Å²) in [7, 11) is 0. The van der Waals surface area contributed by atoms with Crippen molar-refractivity contribution in [3.05, 3.63) is 12.0 Å². The van der Waals surface area contributed by atoms with E-state index in [0.717, 1.165) is 30.3 Å². The van der Waals surface area contributed by atoms with Gasteiger partial charge in [0.25, 0.3) is 0 Å². The van der Waals surface area contributed by atoms with E-state index in [1.54, 1.807) is 4.68 Å². The molecule has 7 heteroatoms. The Morgan fingerprint density at radius 1 is 1.24 bits per heavy atom. The quantitative estimate of drug-likeness (QED) is 0.800. The van der Waals surface area contributed by atoms with E-state index >= 15 is 0 Å². The summed E-state index contributed by atoms with van der Waals surface area (Å²) in [5, 5.41) is 16.3. The molecule has 0 radical (unpaired) electrons. The van der Waals surface area contributed by atoms with E-state index in [0.29, 0.717) is 13.1 Å². The molecule has 0 aliphatic rings. The minimum absolute atomic E-state index is 0.545. The number of nitrogens with two attached hydrogens (primary N) is 1. The summed E-state index contributed by atoms with van der Waals surface area (Å²) in [6, 6.07) is 0. The van der Waals surface area contributed by atoms with Crippen molar-refractivity contribution in [2.24, 2.45) is 5.73 Å². The van der Waals surface area contributed by atoms with Crippen molar-refractivity contribution in [1.29, 1.82) is 0 Å². The summed E-state index contributed by atoms with van der Waals surface area (Å²) < 4.78 is 3.77. The zero-order chi connectivity index (χ0) is 12.3. The zero-order valence-electron chi connectivity index (χ0n) is 10.2. The van der Waals surface area contributed by atoms with Crippen molar-refractivity contribution in [3.63, 3.8) is 0 Å². The summed E-state index contributed by atoms with van der Waals surface area (Å²) in [6.45, 7) is 6.15. The molecule has 2 rings (SSSR count). The lowest BCUT2D eigenvalue weighted by atomic mass is 10.4. The normalized spacial score (nSPS) is 11.0. The largest absolute Gasteiger partial charge is 0.329 e. The first kappa shape index (κ1) is 11.7. The van der Waals surface area contributed by atoms with E-state index in [4.69, 9.17) is 5.73 Å². The Bertz CT molecular complexity index is 485. The van der Waals surface area contributed by atoms with Crippen molar-refractivity contribution >= 4 is 0 Å². The van der Waals surface area contributed by atoms with Crippen molar-refractivity contribution in [2.75, 3.05) is 6.54 Å². The number of nitrogens with zero attached hydrogens (tertiary/aromatic N) is 6. The Kier molecular flexibility index (Phi) is 3.48. The summed E-state index contributed by atoms with van der Waals surface area (Å²) >= 11 is 0. The number of aromatic nitrogens is 6. The maximum absolute atomic E-state index is 5.47. The van der Waals surface area contributed by atoms with Crippen LogP contribution in [0, 0.1) is 6.92 Å². The lowest BCUT2D eigenvalue weighted by molar-refractivity contribution is 0.598. The van der Waals surface area contributed by atoms with Crippen LogP contribution in [0.25, 0.3) is 11.5 Å². The number of aryl methyl sites for hydroxylation is 1. The van der Waals surface area contributed by atoms with Gasteiger partial charge in [-0.2, -0.15) is 0 Å². The molecule has 0 saturated heterocycles. The molecule has 2 aromatic heterocycles. The minimum Gasteiger partial charge on any atom is -0.329 e. The van der Waals surface area contributed by atoms with E-state index in [2.05, 4.69) is 32.0 Å². The van der Waals surface area contributed by atoms with Crippen LogP contribution in [0.4, 0.5) is 0 Å². The Morgan fingerprint density at radius 3 is 2.76 bits per heavy atom. The predicted octanol–water partition coefficient (Wildman–Crippen LogP) is 0.214. The first-order valence-corrected chi connectivity index (χ1v) is 5.76. The van der Waals surface area contributed by atoms with E-state index in [9.17, 15) is 0 Å². The van der Waals surface area contributed by atoms with Gasteiger partial charge in [0.15, 0.2) is 11.5 Å². The molecule has 0 aliphatic heterocycles. The van der Waals surface area contributed by atoms with E-state index in [-0.39, 0.29) is 0 Å². The summed E-state index contributed by atoms with van der Waals surface area (Å²) in [5.74, 6) is 1.67. The average molecular weight is 235 g/mol. The van der Waals surface area contributed by atoms with Crippen LogP contribution in [0.1, 0.15) is 19.2 Å². The third kappa shape index (κ3) is 2.33. The molecule has 0 saturated carbocycles. The van der Waals surface area contributed by atoms with Crippen molar-refractivity contribution in [2.45, 2.75) is 33.4 Å². The SMILES string of the molecule is CCCn1c(C)nnc1-c1cn(CCN)nn1. The highest BCUT2D eigenvalue weighted by molar-refractivity contribution is 5.47. The van der Waals surface area contributed by atoms with Crippen LogP contribution in [-0.4, -0.2) is 36.3 Å². The molecule has 2 aromatic rings. The van der Waals surface area contributed by atoms with Gasteiger partial charge in [-0.3, -0.25) is 4.68 Å². The van der Waals surface area contributed by atoms with Crippen LogP contribution in [0.3, 0.4) is 0 Å². The molecule has 2 heterocycles. The molecular weight excluding hydrogens is 218 g/mol. The molecule has 2 N–H and O–H groups in total. The molecule has 0 bridgehead atoms. The lowest BCUT2D eigenvalue weighted by Gasteiger charge is -2.03. The maximum atomic E-state index is 5.47. The first-order valence-electron chi connectivity index (χ1n) is 5.76. The van der Waals surface area contributed by atoms with Gasteiger partial charge in [0.05, 0.1) is 12.7 Å². The average Bonchev–Trinajstić information content (AvgIpc) is 2.89. The Labute approximate surface area is 99.6 Å². The van der Waals surface area contributed by atoms with Crippen LogP contribution in [-0.2, 0) is 13.1 Å². The Balaban J connectivity index is 2.31. The molecule has 0 fully saturated rings.